The quantitative estimate of drug-likeness (QED) is 0.552. The van der Waals surface area contributed by atoms with Crippen molar-refractivity contribution in [2.45, 2.75) is 39.2 Å². The molecule has 0 spiro atoms. The third-order valence-electron chi connectivity index (χ3n) is 6.68. The molecule has 1 aliphatic heterocycles. The van der Waals surface area contributed by atoms with E-state index >= 15 is 0 Å². The van der Waals surface area contributed by atoms with Crippen molar-refractivity contribution in [1.29, 1.82) is 0 Å². The van der Waals surface area contributed by atoms with Crippen molar-refractivity contribution in [3.8, 4) is 0 Å². The van der Waals surface area contributed by atoms with Crippen LogP contribution in [0.2, 0.25) is 0 Å². The molecule has 1 amide bonds. The molecular formula is C27H34FN5O. The van der Waals surface area contributed by atoms with E-state index in [2.05, 4.69) is 59.9 Å². The van der Waals surface area contributed by atoms with E-state index in [-0.39, 0.29) is 11.2 Å². The molecule has 3 aromatic rings. The summed E-state index contributed by atoms with van der Waals surface area (Å²) in [4.78, 5) is 16.6. The van der Waals surface area contributed by atoms with Crippen LogP contribution in [-0.4, -0.2) is 53.3 Å². The van der Waals surface area contributed by atoms with E-state index < -0.39 is 5.91 Å². The van der Waals surface area contributed by atoms with Gasteiger partial charge in [0.15, 0.2) is 0 Å². The fourth-order valence-corrected chi connectivity index (χ4v) is 4.68. The lowest BCUT2D eigenvalue weighted by molar-refractivity contribution is 0.0994. The minimum atomic E-state index is -0.501. The molecule has 2 heterocycles. The Bertz CT molecular complexity index is 1110. The van der Waals surface area contributed by atoms with Crippen LogP contribution in [0.3, 0.4) is 0 Å². The summed E-state index contributed by atoms with van der Waals surface area (Å²) in [6.07, 6.45) is 0.841. The second-order valence-corrected chi connectivity index (χ2v) is 9.85. The van der Waals surface area contributed by atoms with Gasteiger partial charge in [0.05, 0.1) is 6.54 Å². The Morgan fingerprint density at radius 3 is 2.26 bits per heavy atom. The highest BCUT2D eigenvalue weighted by Crippen LogP contribution is 2.29. The Labute approximate surface area is 201 Å². The first-order valence-corrected chi connectivity index (χ1v) is 11.9. The maximum Gasteiger partial charge on any atom is 0.269 e. The van der Waals surface area contributed by atoms with Crippen LogP contribution in [0.25, 0.3) is 0 Å². The predicted molar refractivity (Wildman–Crippen MR) is 134 cm³/mol. The summed E-state index contributed by atoms with van der Waals surface area (Å²) < 4.78 is 15.2. The van der Waals surface area contributed by atoms with Gasteiger partial charge < -0.3 is 10.6 Å². The lowest BCUT2D eigenvalue weighted by atomic mass is 9.82. The molecule has 0 atom stereocenters. The molecule has 4 rings (SSSR count). The van der Waals surface area contributed by atoms with Crippen LogP contribution >= 0.6 is 0 Å². The average molecular weight is 464 g/mol. The van der Waals surface area contributed by atoms with Crippen LogP contribution in [0.5, 0.6) is 0 Å². The number of nitrogens with zero attached hydrogens (tertiary/aromatic N) is 4. The van der Waals surface area contributed by atoms with Crippen molar-refractivity contribution >= 4 is 11.6 Å². The number of nitrogens with two attached hydrogens (primary N) is 1. The first kappa shape index (κ1) is 24.0. The van der Waals surface area contributed by atoms with E-state index in [0.717, 1.165) is 50.5 Å². The Hall–Kier alpha value is -3.19. The average Bonchev–Trinajstić information content (AvgIpc) is 3.26. The zero-order valence-electron chi connectivity index (χ0n) is 20.3. The molecule has 0 unspecified atom stereocenters. The predicted octanol–water partition coefficient (Wildman–Crippen LogP) is 3.77. The molecule has 0 radical (unpaired) electrons. The van der Waals surface area contributed by atoms with Crippen molar-refractivity contribution in [3.63, 3.8) is 0 Å². The molecule has 1 aromatic heterocycles. The SMILES string of the molecule is Cc1ccc(CC(C)(C)c2cc(C(N)=O)nn2CCN2CCN(c3ccc(F)cc3)CC2)cc1. The van der Waals surface area contributed by atoms with Crippen molar-refractivity contribution in [2.75, 3.05) is 37.6 Å². The van der Waals surface area contributed by atoms with Gasteiger partial charge in [-0.1, -0.05) is 43.7 Å². The second-order valence-electron chi connectivity index (χ2n) is 9.85. The fraction of sp³-hybridized carbons (Fsp3) is 0.407. The smallest absolute Gasteiger partial charge is 0.269 e. The van der Waals surface area contributed by atoms with Crippen molar-refractivity contribution in [2.24, 2.45) is 5.73 Å². The van der Waals surface area contributed by atoms with E-state index in [1.807, 2.05) is 22.9 Å². The van der Waals surface area contributed by atoms with E-state index in [0.29, 0.717) is 12.2 Å². The molecule has 2 N–H and O–H groups in total. The number of piperazine rings is 1. The number of amides is 1. The highest BCUT2D eigenvalue weighted by atomic mass is 19.1. The zero-order chi connectivity index (χ0) is 24.3. The number of hydrogen-bond donors (Lipinski definition) is 1. The minimum absolute atomic E-state index is 0.210. The molecule has 0 bridgehead atoms. The van der Waals surface area contributed by atoms with Crippen molar-refractivity contribution in [3.05, 3.63) is 82.9 Å². The zero-order valence-corrected chi connectivity index (χ0v) is 20.3. The van der Waals surface area contributed by atoms with Crippen molar-refractivity contribution in [1.82, 2.24) is 14.7 Å². The van der Waals surface area contributed by atoms with Gasteiger partial charge in [0, 0.05) is 49.5 Å². The van der Waals surface area contributed by atoms with Gasteiger partial charge in [0.2, 0.25) is 0 Å². The maximum absolute atomic E-state index is 13.2. The van der Waals surface area contributed by atoms with Crippen LogP contribution in [0.1, 0.15) is 41.2 Å². The van der Waals surface area contributed by atoms with Gasteiger partial charge >= 0.3 is 0 Å². The number of benzene rings is 2. The van der Waals surface area contributed by atoms with Gasteiger partial charge in [-0.25, -0.2) is 4.39 Å². The molecule has 0 saturated carbocycles. The Morgan fingerprint density at radius 1 is 1.00 bits per heavy atom. The highest BCUT2D eigenvalue weighted by molar-refractivity contribution is 5.90. The molecular weight excluding hydrogens is 429 g/mol. The van der Waals surface area contributed by atoms with Gasteiger partial charge in [0.1, 0.15) is 11.5 Å². The Balaban J connectivity index is 1.42. The molecule has 1 saturated heterocycles. The lowest BCUT2D eigenvalue weighted by Crippen LogP contribution is -2.47. The number of carbonyl (C=O) groups excluding carboxylic acids is 1. The van der Waals surface area contributed by atoms with Crippen LogP contribution in [0, 0.1) is 12.7 Å². The number of aromatic nitrogens is 2. The van der Waals surface area contributed by atoms with Gasteiger partial charge in [-0.2, -0.15) is 5.10 Å². The molecule has 7 heteroatoms. The molecule has 2 aromatic carbocycles. The summed E-state index contributed by atoms with van der Waals surface area (Å²) in [7, 11) is 0. The van der Waals surface area contributed by atoms with Crippen LogP contribution < -0.4 is 10.6 Å². The molecule has 1 fully saturated rings. The topological polar surface area (TPSA) is 67.4 Å². The lowest BCUT2D eigenvalue weighted by Gasteiger charge is -2.36. The molecule has 1 aliphatic rings. The maximum atomic E-state index is 13.2. The van der Waals surface area contributed by atoms with Gasteiger partial charge in [-0.3, -0.25) is 14.4 Å². The standard InChI is InChI=1S/C27H34FN5O/c1-20-4-6-21(7-5-20)19-27(2,3)25-18-24(26(29)34)30-33(25)17-14-31-12-15-32(16-13-31)23-10-8-22(28)9-11-23/h4-11,18H,12-17,19H2,1-3H3,(H2,29,34). The largest absolute Gasteiger partial charge is 0.369 e. The second kappa shape index (κ2) is 9.97. The van der Waals surface area contributed by atoms with E-state index in [9.17, 15) is 9.18 Å². The van der Waals surface area contributed by atoms with E-state index in [1.165, 1.54) is 23.3 Å². The number of hydrogen-bond acceptors (Lipinski definition) is 4. The number of aryl methyl sites for hydroxylation is 1. The molecule has 0 aliphatic carbocycles. The van der Waals surface area contributed by atoms with Gasteiger partial charge in [-0.15, -0.1) is 0 Å². The monoisotopic (exact) mass is 463 g/mol. The highest BCUT2D eigenvalue weighted by Gasteiger charge is 2.28. The number of rotatable bonds is 8. The fourth-order valence-electron chi connectivity index (χ4n) is 4.68. The third kappa shape index (κ3) is 5.65. The van der Waals surface area contributed by atoms with Gasteiger partial charge in [0.25, 0.3) is 5.91 Å². The third-order valence-corrected chi connectivity index (χ3v) is 6.68. The molecule has 6 nitrogen and oxygen atoms in total. The van der Waals surface area contributed by atoms with Crippen LogP contribution in [-0.2, 0) is 18.4 Å². The summed E-state index contributed by atoms with van der Waals surface area (Å²) in [5, 5.41) is 4.56. The van der Waals surface area contributed by atoms with Crippen LogP contribution in [0.4, 0.5) is 10.1 Å². The Kier molecular flexibility index (Phi) is 7.03. The van der Waals surface area contributed by atoms with E-state index in [4.69, 9.17) is 5.73 Å². The number of anilines is 1. The van der Waals surface area contributed by atoms with Crippen LogP contribution in [0.15, 0.2) is 54.6 Å². The first-order valence-electron chi connectivity index (χ1n) is 11.9. The number of halogens is 1. The van der Waals surface area contributed by atoms with Crippen molar-refractivity contribution < 1.29 is 9.18 Å². The number of primary amides is 1. The summed E-state index contributed by atoms with van der Waals surface area (Å²) in [6, 6.07) is 17.1. The first-order chi connectivity index (χ1) is 16.2. The summed E-state index contributed by atoms with van der Waals surface area (Å²) in [6.45, 7) is 11.6. The summed E-state index contributed by atoms with van der Waals surface area (Å²) in [5.41, 5.74) is 10.2. The Morgan fingerprint density at radius 2 is 1.65 bits per heavy atom. The van der Waals surface area contributed by atoms with E-state index in [1.54, 1.807) is 0 Å². The van der Waals surface area contributed by atoms with Gasteiger partial charge in [-0.05, 0) is 49.2 Å². The summed E-state index contributed by atoms with van der Waals surface area (Å²) in [5.74, 6) is -0.711. The molecule has 180 valence electrons. The summed E-state index contributed by atoms with van der Waals surface area (Å²) >= 11 is 0. The number of carbonyl (C=O) groups is 1. The molecule has 34 heavy (non-hydrogen) atoms. The minimum Gasteiger partial charge on any atom is -0.369 e. The normalized spacial score (nSPS) is 15.0.